The van der Waals surface area contributed by atoms with E-state index in [0.29, 0.717) is 6.42 Å². The average molecular weight is 174 g/mol. The highest BCUT2D eigenvalue weighted by atomic mass is 16.3. The van der Waals surface area contributed by atoms with Gasteiger partial charge in [-0.1, -0.05) is 55.1 Å². The molecule has 1 unspecified atom stereocenters. The molecule has 1 heteroatoms. The summed E-state index contributed by atoms with van der Waals surface area (Å²) < 4.78 is 0. The Morgan fingerprint density at radius 3 is 2.62 bits per heavy atom. The zero-order valence-corrected chi connectivity index (χ0v) is 7.56. The van der Waals surface area contributed by atoms with E-state index >= 15 is 0 Å². The van der Waals surface area contributed by atoms with Crippen molar-refractivity contribution in [3.05, 3.63) is 60.7 Å². The van der Waals surface area contributed by atoms with Gasteiger partial charge >= 0.3 is 0 Å². The lowest BCUT2D eigenvalue weighted by Gasteiger charge is -2.04. The third-order valence-corrected chi connectivity index (χ3v) is 1.76. The third-order valence-electron chi connectivity index (χ3n) is 1.76. The van der Waals surface area contributed by atoms with E-state index in [1.807, 2.05) is 30.3 Å². The molecule has 0 aromatic heterocycles. The molecule has 0 fully saturated rings. The van der Waals surface area contributed by atoms with E-state index in [4.69, 9.17) is 0 Å². The molecule has 68 valence electrons. The molecule has 0 heterocycles. The molecule has 1 N–H and O–H groups in total. The van der Waals surface area contributed by atoms with E-state index in [1.165, 1.54) is 0 Å². The van der Waals surface area contributed by atoms with Crippen molar-refractivity contribution >= 4 is 0 Å². The van der Waals surface area contributed by atoms with Crippen molar-refractivity contribution in [2.75, 3.05) is 0 Å². The highest BCUT2D eigenvalue weighted by Crippen LogP contribution is 2.03. The molecule has 0 aliphatic carbocycles. The van der Waals surface area contributed by atoms with Gasteiger partial charge in [-0.2, -0.15) is 0 Å². The number of aliphatic hydroxyl groups is 1. The molecule has 1 rings (SSSR count). The van der Waals surface area contributed by atoms with Crippen LogP contribution in [0.1, 0.15) is 5.56 Å². The lowest BCUT2D eigenvalue weighted by atomic mass is 10.1. The van der Waals surface area contributed by atoms with Crippen LogP contribution in [0.3, 0.4) is 0 Å². The van der Waals surface area contributed by atoms with Crippen molar-refractivity contribution in [1.82, 2.24) is 0 Å². The Balaban J connectivity index is 2.50. The third kappa shape index (κ3) is 3.72. The Kier molecular flexibility index (Phi) is 4.00. The van der Waals surface area contributed by atoms with Gasteiger partial charge in [0.15, 0.2) is 0 Å². The van der Waals surface area contributed by atoms with E-state index < -0.39 is 6.10 Å². The van der Waals surface area contributed by atoms with Crippen LogP contribution in [0, 0.1) is 0 Å². The molecule has 0 aliphatic heterocycles. The summed E-state index contributed by atoms with van der Waals surface area (Å²) in [5.74, 6) is 0. The van der Waals surface area contributed by atoms with Crippen LogP contribution >= 0.6 is 0 Å². The highest BCUT2D eigenvalue weighted by molar-refractivity contribution is 5.17. The van der Waals surface area contributed by atoms with Crippen LogP contribution in [0.25, 0.3) is 0 Å². The van der Waals surface area contributed by atoms with Crippen molar-refractivity contribution in [2.24, 2.45) is 0 Å². The molecule has 0 bridgehead atoms. The topological polar surface area (TPSA) is 20.2 Å². The van der Waals surface area contributed by atoms with Gasteiger partial charge in [-0.25, -0.2) is 0 Å². The van der Waals surface area contributed by atoms with Crippen LogP contribution in [-0.2, 0) is 6.42 Å². The van der Waals surface area contributed by atoms with Gasteiger partial charge in [-0.15, -0.1) is 0 Å². The molecule has 1 aromatic carbocycles. The van der Waals surface area contributed by atoms with Crippen LogP contribution in [-0.4, -0.2) is 11.2 Å². The molecule has 1 atom stereocenters. The normalized spacial score (nSPS) is 13.0. The average Bonchev–Trinajstić information content (AvgIpc) is 2.16. The fraction of sp³-hybridized carbons (Fsp3) is 0.167. The second kappa shape index (κ2) is 5.33. The van der Waals surface area contributed by atoms with Crippen molar-refractivity contribution in [3.63, 3.8) is 0 Å². The maximum atomic E-state index is 9.50. The molecule has 0 aliphatic rings. The molecule has 0 saturated heterocycles. The Labute approximate surface area is 79.0 Å². The Hall–Kier alpha value is -1.34. The second-order valence-electron chi connectivity index (χ2n) is 2.88. The summed E-state index contributed by atoms with van der Waals surface area (Å²) in [6.07, 6.45) is 5.40. The summed E-state index contributed by atoms with van der Waals surface area (Å²) in [7, 11) is 0. The van der Waals surface area contributed by atoms with Gasteiger partial charge in [0, 0.05) is 6.42 Å². The number of allylic oxidation sites excluding steroid dienone is 2. The minimum Gasteiger partial charge on any atom is -0.389 e. The smallest absolute Gasteiger partial charge is 0.0764 e. The van der Waals surface area contributed by atoms with Gasteiger partial charge in [0.2, 0.25) is 0 Å². The number of aliphatic hydroxyl groups excluding tert-OH is 1. The quantitative estimate of drug-likeness (QED) is 0.694. The maximum Gasteiger partial charge on any atom is 0.0764 e. The van der Waals surface area contributed by atoms with Crippen LogP contribution < -0.4 is 0 Å². The summed E-state index contributed by atoms with van der Waals surface area (Å²) in [5.41, 5.74) is 1.14. The Bertz CT molecular complexity index is 274. The minimum absolute atomic E-state index is 0.416. The number of benzene rings is 1. The zero-order chi connectivity index (χ0) is 9.52. The predicted octanol–water partition coefficient (Wildman–Crippen LogP) is 2.33. The van der Waals surface area contributed by atoms with E-state index in [0.717, 1.165) is 5.56 Å². The fourth-order valence-electron chi connectivity index (χ4n) is 1.13. The van der Waals surface area contributed by atoms with E-state index in [9.17, 15) is 5.11 Å². The van der Waals surface area contributed by atoms with Gasteiger partial charge < -0.3 is 5.11 Å². The first-order valence-corrected chi connectivity index (χ1v) is 4.34. The first kappa shape index (κ1) is 9.75. The lowest BCUT2D eigenvalue weighted by molar-refractivity contribution is 0.224. The largest absolute Gasteiger partial charge is 0.389 e. The van der Waals surface area contributed by atoms with Crippen molar-refractivity contribution in [3.8, 4) is 0 Å². The molecule has 0 amide bonds. The van der Waals surface area contributed by atoms with Gasteiger partial charge in [0.05, 0.1) is 6.10 Å². The summed E-state index contributed by atoms with van der Waals surface area (Å²) in [6.45, 7) is 3.54. The first-order chi connectivity index (χ1) is 6.33. The lowest BCUT2D eigenvalue weighted by Crippen LogP contribution is -2.05. The highest BCUT2D eigenvalue weighted by Gasteiger charge is 1.99. The van der Waals surface area contributed by atoms with Crippen molar-refractivity contribution in [1.29, 1.82) is 0 Å². The standard InChI is InChI=1S/C12H14O/c1-2-3-9-12(13)10-11-7-5-4-6-8-11/h2-9,12-13H,1,10H2. The van der Waals surface area contributed by atoms with Crippen LogP contribution in [0.4, 0.5) is 0 Å². The monoisotopic (exact) mass is 174 g/mol. The van der Waals surface area contributed by atoms with Crippen molar-refractivity contribution in [2.45, 2.75) is 12.5 Å². The van der Waals surface area contributed by atoms with Gasteiger partial charge in [-0.3, -0.25) is 0 Å². The molecular formula is C12H14O. The molecular weight excluding hydrogens is 160 g/mol. The predicted molar refractivity (Wildman–Crippen MR) is 55.5 cm³/mol. The second-order valence-corrected chi connectivity index (χ2v) is 2.88. The number of hydrogen-bond donors (Lipinski definition) is 1. The number of rotatable bonds is 4. The van der Waals surface area contributed by atoms with Crippen LogP contribution in [0.15, 0.2) is 55.1 Å². The molecule has 0 saturated carbocycles. The summed E-state index contributed by atoms with van der Waals surface area (Å²) in [5, 5.41) is 9.50. The zero-order valence-electron chi connectivity index (χ0n) is 7.56. The van der Waals surface area contributed by atoms with Gasteiger partial charge in [0.1, 0.15) is 0 Å². The minimum atomic E-state index is -0.416. The Morgan fingerprint density at radius 2 is 2.00 bits per heavy atom. The molecule has 0 radical (unpaired) electrons. The summed E-state index contributed by atoms with van der Waals surface area (Å²) >= 11 is 0. The van der Waals surface area contributed by atoms with E-state index in [1.54, 1.807) is 18.2 Å². The van der Waals surface area contributed by atoms with E-state index in [-0.39, 0.29) is 0 Å². The Morgan fingerprint density at radius 1 is 1.31 bits per heavy atom. The molecule has 0 spiro atoms. The van der Waals surface area contributed by atoms with Gasteiger partial charge in [-0.05, 0) is 5.56 Å². The van der Waals surface area contributed by atoms with Crippen molar-refractivity contribution < 1.29 is 5.11 Å². The number of hydrogen-bond acceptors (Lipinski definition) is 1. The SMILES string of the molecule is C=CC=CC(O)Cc1ccccc1. The van der Waals surface area contributed by atoms with Crippen LogP contribution in [0.2, 0.25) is 0 Å². The van der Waals surface area contributed by atoms with Gasteiger partial charge in [0.25, 0.3) is 0 Å². The van der Waals surface area contributed by atoms with Crippen LogP contribution in [0.5, 0.6) is 0 Å². The summed E-state index contributed by atoms with van der Waals surface area (Å²) in [4.78, 5) is 0. The molecule has 13 heavy (non-hydrogen) atoms. The summed E-state index contributed by atoms with van der Waals surface area (Å²) in [6, 6.07) is 9.92. The fourth-order valence-corrected chi connectivity index (χ4v) is 1.13. The van der Waals surface area contributed by atoms with E-state index in [2.05, 4.69) is 6.58 Å². The maximum absolute atomic E-state index is 9.50. The molecule has 1 nitrogen and oxygen atoms in total. The molecule has 1 aromatic rings. The first-order valence-electron chi connectivity index (χ1n) is 4.34.